The van der Waals surface area contributed by atoms with Gasteiger partial charge in [-0.3, -0.25) is 0 Å². The first kappa shape index (κ1) is 7.66. The van der Waals surface area contributed by atoms with Crippen LogP contribution in [0, 0.1) is 0 Å². The maximum Gasteiger partial charge on any atom is 0.115 e. The summed E-state index contributed by atoms with van der Waals surface area (Å²) in [5.74, 6) is 0. The molecule has 1 atom stereocenters. The minimum Gasteiger partial charge on any atom is -0.245 e. The van der Waals surface area contributed by atoms with Crippen molar-refractivity contribution in [3.63, 3.8) is 0 Å². The zero-order valence-electron chi connectivity index (χ0n) is 5.79. The van der Waals surface area contributed by atoms with Crippen LogP contribution in [-0.2, 0) is 0 Å². The fourth-order valence-electron chi connectivity index (χ4n) is 0.708. The van der Waals surface area contributed by atoms with Crippen molar-refractivity contribution in [2.24, 2.45) is 0 Å². The van der Waals surface area contributed by atoms with Crippen LogP contribution < -0.4 is 0 Å². The second-order valence-corrected chi connectivity index (χ2v) is 3.15. The predicted octanol–water partition coefficient (Wildman–Crippen LogP) is 2.32. The van der Waals surface area contributed by atoms with Crippen molar-refractivity contribution in [1.29, 1.82) is 0 Å². The number of alkyl halides is 1. The van der Waals surface area contributed by atoms with Crippen molar-refractivity contribution in [3.8, 4) is 0 Å². The fraction of sp³-hybridized carbons (Fsp3) is 0.429. The summed E-state index contributed by atoms with van der Waals surface area (Å²) >= 11 is 3.50. The zero-order valence-corrected chi connectivity index (χ0v) is 7.37. The third-order valence-corrected chi connectivity index (χ3v) is 2.48. The van der Waals surface area contributed by atoms with E-state index in [0.29, 0.717) is 4.83 Å². The van der Waals surface area contributed by atoms with Crippen LogP contribution in [0.4, 0.5) is 0 Å². The molecule has 0 fully saturated rings. The Morgan fingerprint density at radius 1 is 1.50 bits per heavy atom. The first-order valence-corrected chi connectivity index (χ1v) is 4.15. The largest absolute Gasteiger partial charge is 0.245 e. The van der Waals surface area contributed by atoms with E-state index >= 15 is 0 Å². The molecule has 0 bridgehead atoms. The van der Waals surface area contributed by atoms with Crippen LogP contribution in [0.15, 0.2) is 18.7 Å². The molecule has 1 unspecified atom stereocenters. The lowest BCUT2D eigenvalue weighted by molar-refractivity contribution is 0.891. The van der Waals surface area contributed by atoms with Crippen molar-refractivity contribution in [3.05, 3.63) is 24.3 Å². The summed E-state index contributed by atoms with van der Waals surface area (Å²) < 4.78 is 0. The van der Waals surface area contributed by atoms with Gasteiger partial charge in [-0.15, -0.1) is 0 Å². The molecule has 2 nitrogen and oxygen atoms in total. The van der Waals surface area contributed by atoms with E-state index in [2.05, 4.69) is 32.8 Å². The molecule has 0 saturated carbocycles. The van der Waals surface area contributed by atoms with Gasteiger partial charge in [0.1, 0.15) is 6.33 Å². The van der Waals surface area contributed by atoms with E-state index in [-0.39, 0.29) is 0 Å². The Kier molecular flexibility index (Phi) is 2.81. The molecular formula is C7H9BrN2. The number of hydrogen-bond donors (Lipinski definition) is 0. The van der Waals surface area contributed by atoms with Gasteiger partial charge in [0, 0.05) is 22.8 Å². The molecule has 0 aliphatic rings. The Labute approximate surface area is 68.8 Å². The zero-order chi connectivity index (χ0) is 7.40. The van der Waals surface area contributed by atoms with E-state index in [0.717, 1.165) is 12.0 Å². The first-order valence-electron chi connectivity index (χ1n) is 3.23. The molecule has 1 aromatic heterocycles. The maximum atomic E-state index is 3.91. The number of rotatable bonds is 2. The molecule has 0 amide bonds. The van der Waals surface area contributed by atoms with Crippen molar-refractivity contribution >= 4 is 15.9 Å². The van der Waals surface area contributed by atoms with Crippen molar-refractivity contribution in [1.82, 2.24) is 9.97 Å². The van der Waals surface area contributed by atoms with E-state index in [1.807, 2.05) is 12.4 Å². The SMILES string of the molecule is CCC(Br)c1cncnc1. The van der Waals surface area contributed by atoms with Crippen LogP contribution >= 0.6 is 15.9 Å². The summed E-state index contributed by atoms with van der Waals surface area (Å²) in [4.78, 5) is 8.22. The molecule has 0 radical (unpaired) electrons. The summed E-state index contributed by atoms with van der Waals surface area (Å²) in [5, 5.41) is 0. The molecule has 0 aromatic carbocycles. The maximum absolute atomic E-state index is 3.91. The highest BCUT2D eigenvalue weighted by Gasteiger charge is 2.02. The van der Waals surface area contributed by atoms with Gasteiger partial charge >= 0.3 is 0 Å². The predicted molar refractivity (Wildman–Crippen MR) is 44.0 cm³/mol. The number of nitrogens with zero attached hydrogens (tertiary/aromatic N) is 2. The normalized spacial score (nSPS) is 13.0. The van der Waals surface area contributed by atoms with Crippen LogP contribution in [0.3, 0.4) is 0 Å². The van der Waals surface area contributed by atoms with Gasteiger partial charge in [-0.05, 0) is 6.42 Å². The van der Waals surface area contributed by atoms with Crippen molar-refractivity contribution < 1.29 is 0 Å². The molecule has 1 heterocycles. The fourth-order valence-corrected chi connectivity index (χ4v) is 0.945. The van der Waals surface area contributed by atoms with Crippen LogP contribution in [0.5, 0.6) is 0 Å². The van der Waals surface area contributed by atoms with E-state index < -0.39 is 0 Å². The Morgan fingerprint density at radius 3 is 2.60 bits per heavy atom. The number of aromatic nitrogens is 2. The first-order chi connectivity index (χ1) is 4.84. The standard InChI is InChI=1S/C7H9BrN2/c1-2-7(8)6-3-9-5-10-4-6/h3-5,7H,2H2,1H3. The lowest BCUT2D eigenvalue weighted by Crippen LogP contribution is -1.89. The molecule has 3 heteroatoms. The molecule has 0 aliphatic heterocycles. The van der Waals surface area contributed by atoms with Crippen molar-refractivity contribution in [2.75, 3.05) is 0 Å². The van der Waals surface area contributed by atoms with Gasteiger partial charge < -0.3 is 0 Å². The Morgan fingerprint density at radius 2 is 2.10 bits per heavy atom. The summed E-state index contributed by atoms with van der Waals surface area (Å²) in [6.45, 7) is 2.12. The highest BCUT2D eigenvalue weighted by atomic mass is 79.9. The van der Waals surface area contributed by atoms with Gasteiger partial charge in [-0.25, -0.2) is 9.97 Å². The Balaban J connectivity index is 2.75. The minimum atomic E-state index is 0.397. The van der Waals surface area contributed by atoms with E-state index in [4.69, 9.17) is 0 Å². The van der Waals surface area contributed by atoms with Gasteiger partial charge in [-0.1, -0.05) is 22.9 Å². The molecule has 10 heavy (non-hydrogen) atoms. The highest BCUT2D eigenvalue weighted by molar-refractivity contribution is 9.09. The monoisotopic (exact) mass is 200 g/mol. The molecule has 1 aromatic rings. The molecular weight excluding hydrogens is 192 g/mol. The lowest BCUT2D eigenvalue weighted by Gasteiger charge is -2.03. The molecule has 0 spiro atoms. The molecule has 54 valence electrons. The second-order valence-electron chi connectivity index (χ2n) is 2.05. The van der Waals surface area contributed by atoms with Crippen molar-refractivity contribution in [2.45, 2.75) is 18.2 Å². The molecule has 1 rings (SSSR count). The molecule has 0 aliphatic carbocycles. The van der Waals surface area contributed by atoms with Crippen LogP contribution in [0.2, 0.25) is 0 Å². The topological polar surface area (TPSA) is 25.8 Å². The Bertz CT molecular complexity index is 188. The highest BCUT2D eigenvalue weighted by Crippen LogP contribution is 2.23. The second kappa shape index (κ2) is 3.66. The summed E-state index contributed by atoms with van der Waals surface area (Å²) in [7, 11) is 0. The van der Waals surface area contributed by atoms with Crippen LogP contribution in [-0.4, -0.2) is 9.97 Å². The van der Waals surface area contributed by atoms with Gasteiger partial charge in [0.25, 0.3) is 0 Å². The Hall–Kier alpha value is -0.440. The van der Waals surface area contributed by atoms with E-state index in [1.54, 1.807) is 6.33 Å². The van der Waals surface area contributed by atoms with Crippen LogP contribution in [0.25, 0.3) is 0 Å². The average molecular weight is 201 g/mol. The van der Waals surface area contributed by atoms with Gasteiger partial charge in [0.15, 0.2) is 0 Å². The van der Waals surface area contributed by atoms with Gasteiger partial charge in [0.2, 0.25) is 0 Å². The van der Waals surface area contributed by atoms with E-state index in [9.17, 15) is 0 Å². The summed E-state index contributed by atoms with van der Waals surface area (Å²) in [5.41, 5.74) is 1.14. The van der Waals surface area contributed by atoms with E-state index in [1.165, 1.54) is 0 Å². The number of halogens is 1. The lowest BCUT2D eigenvalue weighted by atomic mass is 10.2. The quantitative estimate of drug-likeness (QED) is 0.686. The number of hydrogen-bond acceptors (Lipinski definition) is 2. The molecule has 0 N–H and O–H groups in total. The smallest absolute Gasteiger partial charge is 0.115 e. The summed E-state index contributed by atoms with van der Waals surface area (Å²) in [6, 6.07) is 0. The average Bonchev–Trinajstić information content (AvgIpc) is 2.05. The minimum absolute atomic E-state index is 0.397. The third-order valence-electron chi connectivity index (χ3n) is 1.30. The van der Waals surface area contributed by atoms with Crippen LogP contribution in [0.1, 0.15) is 23.7 Å². The van der Waals surface area contributed by atoms with Gasteiger partial charge in [-0.2, -0.15) is 0 Å². The summed E-state index contributed by atoms with van der Waals surface area (Å²) in [6.07, 6.45) is 6.26. The third kappa shape index (κ3) is 1.77. The van der Waals surface area contributed by atoms with Gasteiger partial charge in [0.05, 0.1) is 0 Å². The molecule has 0 saturated heterocycles.